The summed E-state index contributed by atoms with van der Waals surface area (Å²) in [6, 6.07) is 9.77. The lowest BCUT2D eigenvalue weighted by Crippen LogP contribution is -2.37. The van der Waals surface area contributed by atoms with E-state index in [9.17, 15) is 9.18 Å². The average Bonchev–Trinajstić information content (AvgIpc) is 2.85. The highest BCUT2D eigenvalue weighted by atomic mass is 19.1. The van der Waals surface area contributed by atoms with Gasteiger partial charge in [0.1, 0.15) is 18.0 Å². The molecule has 0 saturated heterocycles. The van der Waals surface area contributed by atoms with Crippen molar-refractivity contribution in [2.45, 2.75) is 19.9 Å². The van der Waals surface area contributed by atoms with Crippen LogP contribution in [0.25, 0.3) is 11.4 Å². The summed E-state index contributed by atoms with van der Waals surface area (Å²) in [4.78, 5) is 36.7. The van der Waals surface area contributed by atoms with Gasteiger partial charge in [0.15, 0.2) is 5.82 Å². The number of aromatic nitrogens is 5. The first-order valence-corrected chi connectivity index (χ1v) is 10.5. The zero-order valence-electron chi connectivity index (χ0n) is 17.9. The number of carbonyl (C=O) groups is 1. The summed E-state index contributed by atoms with van der Waals surface area (Å²) in [5.74, 6) is 0.656. The highest BCUT2D eigenvalue weighted by molar-refractivity contribution is 5.95. The Labute approximate surface area is 189 Å². The predicted octanol–water partition coefficient (Wildman–Crippen LogP) is 3.72. The van der Waals surface area contributed by atoms with E-state index < -0.39 is 0 Å². The Morgan fingerprint density at radius 1 is 1.09 bits per heavy atom. The number of nitrogens with zero attached hydrogens (tertiary/aromatic N) is 6. The number of nitrogens with one attached hydrogen (secondary N) is 1. The number of anilines is 2. The molecule has 1 aliphatic heterocycles. The Hall–Kier alpha value is -4.27. The van der Waals surface area contributed by atoms with Gasteiger partial charge in [-0.1, -0.05) is 0 Å². The van der Waals surface area contributed by atoms with E-state index in [-0.39, 0.29) is 11.7 Å². The van der Waals surface area contributed by atoms with E-state index >= 15 is 0 Å². The summed E-state index contributed by atoms with van der Waals surface area (Å²) in [7, 11) is 0. The molecule has 33 heavy (non-hydrogen) atoms. The fourth-order valence-electron chi connectivity index (χ4n) is 3.76. The number of hydrogen-bond donors (Lipinski definition) is 1. The lowest BCUT2D eigenvalue weighted by Gasteiger charge is -2.30. The van der Waals surface area contributed by atoms with Crippen LogP contribution < -0.4 is 5.32 Å². The third-order valence-corrected chi connectivity index (χ3v) is 5.52. The van der Waals surface area contributed by atoms with Crippen molar-refractivity contribution in [2.75, 3.05) is 11.9 Å². The van der Waals surface area contributed by atoms with Crippen molar-refractivity contribution in [1.82, 2.24) is 29.8 Å². The third kappa shape index (κ3) is 4.25. The molecule has 1 N–H and O–H groups in total. The first-order valence-electron chi connectivity index (χ1n) is 10.5. The highest BCUT2D eigenvalue weighted by Crippen LogP contribution is 2.30. The van der Waals surface area contributed by atoms with Crippen molar-refractivity contribution in [2.24, 2.45) is 0 Å². The summed E-state index contributed by atoms with van der Waals surface area (Å²) in [6.45, 7) is 2.64. The van der Waals surface area contributed by atoms with Crippen LogP contribution in [0.2, 0.25) is 0 Å². The van der Waals surface area contributed by atoms with Crippen LogP contribution >= 0.6 is 0 Å². The largest absolute Gasteiger partial charge is 0.340 e. The van der Waals surface area contributed by atoms with Crippen LogP contribution in [0, 0.1) is 12.7 Å². The Morgan fingerprint density at radius 2 is 1.94 bits per heavy atom. The lowest BCUT2D eigenvalue weighted by atomic mass is 10.0. The van der Waals surface area contributed by atoms with E-state index in [1.807, 2.05) is 12.1 Å². The molecule has 0 aliphatic carbocycles. The molecule has 4 heterocycles. The molecule has 1 amide bonds. The van der Waals surface area contributed by atoms with Crippen molar-refractivity contribution < 1.29 is 9.18 Å². The molecule has 0 unspecified atom stereocenters. The van der Waals surface area contributed by atoms with Gasteiger partial charge in [-0.05, 0) is 43.3 Å². The summed E-state index contributed by atoms with van der Waals surface area (Å²) in [5, 5.41) is 3.28. The highest BCUT2D eigenvalue weighted by Gasteiger charge is 2.27. The van der Waals surface area contributed by atoms with Gasteiger partial charge >= 0.3 is 0 Å². The van der Waals surface area contributed by atoms with Gasteiger partial charge in [0.25, 0.3) is 5.91 Å². The van der Waals surface area contributed by atoms with E-state index in [4.69, 9.17) is 9.97 Å². The van der Waals surface area contributed by atoms with Gasteiger partial charge in [-0.25, -0.2) is 24.3 Å². The number of hydrogen-bond acceptors (Lipinski definition) is 7. The Bertz CT molecular complexity index is 1310. The standard InChI is InChI=1S/C24H20FN7O/c1-15-19(12-27-14-28-15)24(33)32-10-8-21-20(13-32)23(29-18-6-4-17(25)5-7-18)31-22(30-21)16-3-2-9-26-11-16/h2-7,9,11-12,14H,8,10,13H2,1H3,(H,29,30,31). The van der Waals surface area contributed by atoms with Crippen LogP contribution in [0.3, 0.4) is 0 Å². The molecule has 8 nitrogen and oxygen atoms in total. The molecular formula is C24H20FN7O. The molecule has 0 saturated carbocycles. The second-order valence-corrected chi connectivity index (χ2v) is 7.69. The van der Waals surface area contributed by atoms with E-state index in [1.165, 1.54) is 18.5 Å². The third-order valence-electron chi connectivity index (χ3n) is 5.52. The zero-order valence-corrected chi connectivity index (χ0v) is 17.9. The number of pyridine rings is 1. The van der Waals surface area contributed by atoms with Crippen molar-refractivity contribution in [1.29, 1.82) is 0 Å². The molecule has 4 aromatic rings. The second-order valence-electron chi connectivity index (χ2n) is 7.69. The number of fused-ring (bicyclic) bond motifs is 1. The van der Waals surface area contributed by atoms with E-state index in [0.717, 1.165) is 16.8 Å². The number of amides is 1. The van der Waals surface area contributed by atoms with Crippen LogP contribution in [0.1, 0.15) is 27.3 Å². The molecule has 0 bridgehead atoms. The summed E-state index contributed by atoms with van der Waals surface area (Å²) >= 11 is 0. The first kappa shape index (κ1) is 20.6. The maximum Gasteiger partial charge on any atom is 0.257 e. The minimum absolute atomic E-state index is 0.136. The minimum Gasteiger partial charge on any atom is -0.340 e. The van der Waals surface area contributed by atoms with Gasteiger partial charge in [-0.15, -0.1) is 0 Å². The van der Waals surface area contributed by atoms with E-state index in [0.29, 0.717) is 48.1 Å². The van der Waals surface area contributed by atoms with Crippen LogP contribution in [-0.4, -0.2) is 42.3 Å². The van der Waals surface area contributed by atoms with Gasteiger partial charge in [0.2, 0.25) is 0 Å². The topological polar surface area (TPSA) is 96.8 Å². The maximum atomic E-state index is 13.4. The zero-order chi connectivity index (χ0) is 22.8. The Kier molecular flexibility index (Phi) is 5.43. The first-order chi connectivity index (χ1) is 16.1. The minimum atomic E-state index is -0.321. The Balaban J connectivity index is 1.53. The SMILES string of the molecule is Cc1ncncc1C(=O)N1CCc2nc(-c3cccnc3)nc(Nc3ccc(F)cc3)c2C1. The summed E-state index contributed by atoms with van der Waals surface area (Å²) in [6.07, 6.45) is 6.94. The number of aryl methyl sites for hydroxylation is 1. The molecule has 0 radical (unpaired) electrons. The molecule has 0 atom stereocenters. The molecule has 0 spiro atoms. The van der Waals surface area contributed by atoms with Crippen LogP contribution in [0.15, 0.2) is 61.3 Å². The van der Waals surface area contributed by atoms with Gasteiger partial charge in [0.05, 0.1) is 23.5 Å². The van der Waals surface area contributed by atoms with Crippen LogP contribution in [-0.2, 0) is 13.0 Å². The smallest absolute Gasteiger partial charge is 0.257 e. The molecule has 5 rings (SSSR count). The van der Waals surface area contributed by atoms with Crippen molar-refractivity contribution in [3.8, 4) is 11.4 Å². The summed E-state index contributed by atoms with van der Waals surface area (Å²) < 4.78 is 13.4. The summed E-state index contributed by atoms with van der Waals surface area (Å²) in [5.41, 5.74) is 4.26. The van der Waals surface area contributed by atoms with Crippen molar-refractivity contribution in [3.05, 3.63) is 89.6 Å². The molecule has 164 valence electrons. The van der Waals surface area contributed by atoms with Gasteiger partial charge < -0.3 is 10.2 Å². The maximum absolute atomic E-state index is 13.4. The molecule has 0 fully saturated rings. The number of halogens is 1. The van der Waals surface area contributed by atoms with Gasteiger partial charge in [-0.2, -0.15) is 0 Å². The fraction of sp³-hybridized carbons (Fsp3) is 0.167. The Morgan fingerprint density at radius 3 is 2.70 bits per heavy atom. The number of carbonyl (C=O) groups excluding carboxylic acids is 1. The van der Waals surface area contributed by atoms with Crippen LogP contribution in [0.5, 0.6) is 0 Å². The monoisotopic (exact) mass is 441 g/mol. The number of benzene rings is 1. The molecule has 9 heteroatoms. The normalized spacial score (nSPS) is 12.8. The average molecular weight is 441 g/mol. The second kappa shape index (κ2) is 8.70. The van der Waals surface area contributed by atoms with E-state index in [1.54, 1.807) is 42.5 Å². The van der Waals surface area contributed by atoms with Crippen LogP contribution in [0.4, 0.5) is 15.9 Å². The predicted molar refractivity (Wildman–Crippen MR) is 120 cm³/mol. The van der Waals surface area contributed by atoms with Crippen molar-refractivity contribution in [3.63, 3.8) is 0 Å². The van der Waals surface area contributed by atoms with Gasteiger partial charge in [-0.3, -0.25) is 9.78 Å². The van der Waals surface area contributed by atoms with Gasteiger partial charge in [0, 0.05) is 48.4 Å². The molecular weight excluding hydrogens is 421 g/mol. The quantitative estimate of drug-likeness (QED) is 0.516. The molecule has 1 aliphatic rings. The lowest BCUT2D eigenvalue weighted by molar-refractivity contribution is 0.0732. The van der Waals surface area contributed by atoms with E-state index in [2.05, 4.69) is 20.3 Å². The van der Waals surface area contributed by atoms with Crippen molar-refractivity contribution >= 4 is 17.4 Å². The number of rotatable bonds is 4. The fourth-order valence-corrected chi connectivity index (χ4v) is 3.76. The molecule has 3 aromatic heterocycles. The molecule has 1 aromatic carbocycles.